The number of hydrogen-bond donors (Lipinski definition) is 0. The zero-order chi connectivity index (χ0) is 12.3. The molecule has 0 fully saturated rings. The molecular weight excluding hydrogens is 243 g/mol. The van der Waals surface area contributed by atoms with Crippen molar-refractivity contribution in [2.45, 2.75) is 46.2 Å². The molecule has 3 nitrogen and oxygen atoms in total. The number of allylic oxidation sites excluding steroid dienone is 1. The normalized spacial score (nSPS) is 14.9. The summed E-state index contributed by atoms with van der Waals surface area (Å²) in [7, 11) is -6.71. The summed E-state index contributed by atoms with van der Waals surface area (Å²) in [6, 6.07) is 0. The van der Waals surface area contributed by atoms with Crippen molar-refractivity contribution in [1.29, 1.82) is 0 Å². The van der Waals surface area contributed by atoms with Gasteiger partial charge < -0.3 is 8.43 Å². The molecule has 0 aromatic heterocycles. The number of rotatable bonds is 5. The lowest BCUT2D eigenvalue weighted by atomic mass is 10.8. The van der Waals surface area contributed by atoms with E-state index in [0.717, 1.165) is 0 Å². The maximum Gasteiger partial charge on any atom is 0.334 e. The van der Waals surface area contributed by atoms with Crippen LogP contribution in [0.3, 0.4) is 0 Å². The van der Waals surface area contributed by atoms with Crippen LogP contribution in [0.25, 0.3) is 0 Å². The highest BCUT2D eigenvalue weighted by molar-refractivity contribution is 7.60. The van der Waals surface area contributed by atoms with Gasteiger partial charge in [-0.25, -0.2) is 0 Å². The summed E-state index contributed by atoms with van der Waals surface area (Å²) in [6.45, 7) is 13.9. The molecule has 0 aliphatic heterocycles. The van der Waals surface area contributed by atoms with Gasteiger partial charge in [-0.3, -0.25) is 4.57 Å². The van der Waals surface area contributed by atoms with Crippen LogP contribution < -0.4 is 0 Å². The molecule has 0 aliphatic carbocycles. The first-order valence-electron chi connectivity index (χ1n) is 5.12. The molecule has 6 heteroatoms. The van der Waals surface area contributed by atoms with E-state index in [2.05, 4.69) is 0 Å². The van der Waals surface area contributed by atoms with Gasteiger partial charge >= 0.3 is 7.60 Å². The fourth-order valence-electron chi connectivity index (χ4n) is 1.03. The summed E-state index contributed by atoms with van der Waals surface area (Å²) in [5.74, 6) is 1.57. The number of hydrogen-bond acceptors (Lipinski definition) is 3. The van der Waals surface area contributed by atoms with Gasteiger partial charge in [-0.05, 0) is 46.2 Å². The molecule has 0 saturated carbocycles. The van der Waals surface area contributed by atoms with Crippen molar-refractivity contribution >= 4 is 24.2 Å². The second kappa shape index (κ2) is 5.10. The van der Waals surface area contributed by atoms with Gasteiger partial charge in [0.25, 0.3) is 0 Å². The minimum absolute atomic E-state index is 1.57. The third-order valence-electron chi connectivity index (χ3n) is 1.13. The van der Waals surface area contributed by atoms with Crippen molar-refractivity contribution in [3.63, 3.8) is 0 Å². The predicted octanol–water partition coefficient (Wildman–Crippen LogP) is 4.42. The highest BCUT2D eigenvalue weighted by Crippen LogP contribution is 2.54. The summed E-state index contributed by atoms with van der Waals surface area (Å²) in [6.07, 6.45) is 1.74. The lowest BCUT2D eigenvalue weighted by Gasteiger charge is -2.28. The molecule has 0 saturated heterocycles. The standard InChI is InChI=1S/C9H23O3PSi2/c1-8-9-13(10,11-14(2,3)4)12-15(5,6)7/h8-9H,1-7H3. The quantitative estimate of drug-likeness (QED) is 0.546. The van der Waals surface area contributed by atoms with Gasteiger partial charge in [-0.1, -0.05) is 6.08 Å². The summed E-state index contributed by atoms with van der Waals surface area (Å²) in [5.41, 5.74) is 0. The van der Waals surface area contributed by atoms with Crippen LogP contribution in [0.1, 0.15) is 6.92 Å². The van der Waals surface area contributed by atoms with E-state index in [1.807, 2.05) is 46.2 Å². The van der Waals surface area contributed by atoms with Crippen LogP contribution >= 0.6 is 7.60 Å². The van der Waals surface area contributed by atoms with E-state index in [9.17, 15) is 4.57 Å². The Kier molecular flexibility index (Phi) is 5.21. The second-order valence-corrected chi connectivity index (χ2v) is 16.7. The van der Waals surface area contributed by atoms with Crippen LogP contribution in [-0.2, 0) is 13.0 Å². The Morgan fingerprint density at radius 1 is 0.933 bits per heavy atom. The first kappa shape index (κ1) is 15.3. The summed E-state index contributed by atoms with van der Waals surface area (Å²) < 4.78 is 23.7. The summed E-state index contributed by atoms with van der Waals surface area (Å²) >= 11 is 0. The highest BCUT2D eigenvalue weighted by atomic mass is 31.2. The van der Waals surface area contributed by atoms with Crippen molar-refractivity contribution in [2.24, 2.45) is 0 Å². The van der Waals surface area contributed by atoms with Crippen LogP contribution in [0.5, 0.6) is 0 Å². The SMILES string of the molecule is CC=CP(=O)(O[Si](C)(C)C)O[Si](C)(C)C. The molecule has 0 N–H and O–H groups in total. The molecule has 0 atom stereocenters. The Morgan fingerprint density at radius 3 is 1.47 bits per heavy atom. The van der Waals surface area contributed by atoms with Crippen molar-refractivity contribution in [3.05, 3.63) is 11.9 Å². The molecule has 90 valence electrons. The van der Waals surface area contributed by atoms with Crippen molar-refractivity contribution in [2.75, 3.05) is 0 Å². The average Bonchev–Trinajstić information content (AvgIpc) is 1.74. The Morgan fingerprint density at radius 2 is 1.27 bits per heavy atom. The summed E-state index contributed by atoms with van der Waals surface area (Å²) in [4.78, 5) is 0. The van der Waals surface area contributed by atoms with Gasteiger partial charge in [-0.15, -0.1) is 0 Å². The van der Waals surface area contributed by atoms with Gasteiger partial charge in [0.1, 0.15) is 0 Å². The van der Waals surface area contributed by atoms with Crippen molar-refractivity contribution in [3.8, 4) is 0 Å². The summed E-state index contributed by atoms with van der Waals surface area (Å²) in [5, 5.41) is 0. The monoisotopic (exact) mass is 266 g/mol. The zero-order valence-corrected chi connectivity index (χ0v) is 13.7. The molecule has 0 bridgehead atoms. The fourth-order valence-corrected chi connectivity index (χ4v) is 8.47. The van der Waals surface area contributed by atoms with Gasteiger partial charge in [0, 0.05) is 5.82 Å². The van der Waals surface area contributed by atoms with Crippen LogP contribution in [0.15, 0.2) is 11.9 Å². The first-order valence-corrected chi connectivity index (χ1v) is 13.6. The Bertz CT molecular complexity index is 256. The molecule has 0 unspecified atom stereocenters. The zero-order valence-electron chi connectivity index (χ0n) is 10.8. The van der Waals surface area contributed by atoms with E-state index in [4.69, 9.17) is 8.43 Å². The van der Waals surface area contributed by atoms with E-state index >= 15 is 0 Å². The molecule has 0 rings (SSSR count). The lowest BCUT2D eigenvalue weighted by Crippen LogP contribution is -2.29. The maximum atomic E-state index is 12.4. The molecular formula is C9H23O3PSi2. The molecule has 0 amide bonds. The molecule has 0 aliphatic rings. The largest absolute Gasteiger partial charge is 0.349 e. The smallest absolute Gasteiger partial charge is 0.334 e. The Balaban J connectivity index is 4.85. The van der Waals surface area contributed by atoms with Crippen LogP contribution in [0.4, 0.5) is 0 Å². The van der Waals surface area contributed by atoms with E-state index in [1.54, 1.807) is 11.9 Å². The Labute approximate surface area is 95.7 Å². The predicted molar refractivity (Wildman–Crippen MR) is 71.3 cm³/mol. The first-order chi connectivity index (χ1) is 6.47. The van der Waals surface area contributed by atoms with Gasteiger partial charge in [0.2, 0.25) is 0 Å². The molecule has 0 spiro atoms. The Hall–Kier alpha value is 0.324. The molecule has 0 aromatic rings. The lowest BCUT2D eigenvalue weighted by molar-refractivity contribution is 0.395. The average molecular weight is 266 g/mol. The maximum absolute atomic E-state index is 12.4. The van der Waals surface area contributed by atoms with Gasteiger partial charge in [-0.2, -0.15) is 0 Å². The van der Waals surface area contributed by atoms with Gasteiger partial charge in [0.15, 0.2) is 16.6 Å². The van der Waals surface area contributed by atoms with E-state index in [-0.39, 0.29) is 0 Å². The second-order valence-electron chi connectivity index (χ2n) is 5.43. The third-order valence-corrected chi connectivity index (χ3v) is 8.21. The van der Waals surface area contributed by atoms with Gasteiger partial charge in [0.05, 0.1) is 0 Å². The van der Waals surface area contributed by atoms with Crippen LogP contribution in [0.2, 0.25) is 39.3 Å². The van der Waals surface area contributed by atoms with E-state index in [1.165, 1.54) is 0 Å². The van der Waals surface area contributed by atoms with E-state index in [0.29, 0.717) is 0 Å². The molecule has 0 aromatic carbocycles. The van der Waals surface area contributed by atoms with Crippen molar-refractivity contribution < 1.29 is 13.0 Å². The fraction of sp³-hybridized carbons (Fsp3) is 0.778. The highest BCUT2D eigenvalue weighted by Gasteiger charge is 2.34. The third kappa shape index (κ3) is 8.16. The van der Waals surface area contributed by atoms with Crippen molar-refractivity contribution in [1.82, 2.24) is 0 Å². The van der Waals surface area contributed by atoms with E-state index < -0.39 is 24.2 Å². The molecule has 15 heavy (non-hydrogen) atoms. The minimum Gasteiger partial charge on any atom is -0.349 e. The molecule has 0 heterocycles. The topological polar surface area (TPSA) is 35.5 Å². The molecule has 0 radical (unpaired) electrons. The van der Waals surface area contributed by atoms with Crippen LogP contribution in [0, 0.1) is 0 Å². The van der Waals surface area contributed by atoms with Crippen LogP contribution in [-0.4, -0.2) is 16.6 Å². The minimum atomic E-state index is -3.02.